The number of aryl methyl sites for hydroxylation is 1. The van der Waals surface area contributed by atoms with Gasteiger partial charge in [0.15, 0.2) is 9.84 Å². The summed E-state index contributed by atoms with van der Waals surface area (Å²) in [7, 11) is -2.97. The van der Waals surface area contributed by atoms with Crippen LogP contribution in [-0.2, 0) is 16.4 Å². The van der Waals surface area contributed by atoms with Gasteiger partial charge in [0.05, 0.1) is 5.75 Å². The van der Waals surface area contributed by atoms with Crippen LogP contribution in [0.2, 0.25) is 0 Å². The first-order valence-corrected chi connectivity index (χ1v) is 7.86. The smallest absolute Gasteiger partial charge is 0.173 e. The van der Waals surface area contributed by atoms with E-state index in [1.807, 2.05) is 19.1 Å². The van der Waals surface area contributed by atoms with Crippen molar-refractivity contribution >= 4 is 25.8 Å². The van der Waals surface area contributed by atoms with Crippen molar-refractivity contribution in [3.05, 3.63) is 45.3 Å². The summed E-state index contributed by atoms with van der Waals surface area (Å²) in [4.78, 5) is 0. The van der Waals surface area contributed by atoms with Crippen LogP contribution >= 0.6 is 15.9 Å². The topological polar surface area (TPSA) is 46.2 Å². The molecule has 0 bridgehead atoms. The molecule has 2 rings (SSSR count). The van der Waals surface area contributed by atoms with E-state index in [-0.39, 0.29) is 11.8 Å². The van der Waals surface area contributed by atoms with Crippen LogP contribution in [0.4, 0.5) is 0 Å². The fraction of sp³-hybridized carbons (Fsp3) is 0.333. The molecule has 1 unspecified atom stereocenters. The molecule has 1 atom stereocenters. The first-order valence-electron chi connectivity index (χ1n) is 5.36. The molecule has 0 amide bonds. The fourth-order valence-electron chi connectivity index (χ4n) is 1.70. The molecule has 0 saturated carbocycles. The van der Waals surface area contributed by atoms with Gasteiger partial charge in [-0.2, -0.15) is 0 Å². The zero-order valence-corrected chi connectivity index (χ0v) is 11.9. The van der Waals surface area contributed by atoms with Gasteiger partial charge in [-0.1, -0.05) is 34.1 Å². The van der Waals surface area contributed by atoms with E-state index in [1.54, 1.807) is 6.08 Å². The third kappa shape index (κ3) is 3.40. The van der Waals surface area contributed by atoms with Gasteiger partial charge >= 0.3 is 0 Å². The van der Waals surface area contributed by atoms with E-state index in [9.17, 15) is 8.42 Å². The zero-order valence-electron chi connectivity index (χ0n) is 9.48. The summed E-state index contributed by atoms with van der Waals surface area (Å²) in [5, 5.41) is 4.50. The minimum atomic E-state index is -2.97. The minimum absolute atomic E-state index is 0.0694. The Balaban J connectivity index is 1.95. The van der Waals surface area contributed by atoms with Crippen LogP contribution in [0.3, 0.4) is 0 Å². The maximum atomic E-state index is 11.2. The average Bonchev–Trinajstić information content (AvgIpc) is 2.60. The Bertz CT molecular complexity index is 552. The van der Waals surface area contributed by atoms with Crippen molar-refractivity contribution in [3.63, 3.8) is 0 Å². The van der Waals surface area contributed by atoms with E-state index in [0.717, 1.165) is 10.0 Å². The van der Waals surface area contributed by atoms with Gasteiger partial charge in [-0.3, -0.25) is 0 Å². The van der Waals surface area contributed by atoms with Crippen molar-refractivity contribution in [1.29, 1.82) is 0 Å². The molecule has 5 heteroatoms. The van der Waals surface area contributed by atoms with Crippen LogP contribution in [0.25, 0.3) is 0 Å². The van der Waals surface area contributed by atoms with Crippen LogP contribution in [-0.4, -0.2) is 20.2 Å². The van der Waals surface area contributed by atoms with Crippen LogP contribution in [0.1, 0.15) is 11.1 Å². The highest BCUT2D eigenvalue weighted by Gasteiger charge is 2.20. The highest BCUT2D eigenvalue weighted by atomic mass is 79.9. The number of rotatable bonds is 3. The summed E-state index contributed by atoms with van der Waals surface area (Å²) in [6.07, 6.45) is 1.71. The number of sulfone groups is 1. The van der Waals surface area contributed by atoms with Gasteiger partial charge in [0, 0.05) is 22.5 Å². The molecule has 1 heterocycles. The molecule has 1 N–H and O–H groups in total. The van der Waals surface area contributed by atoms with Gasteiger partial charge in [0.25, 0.3) is 0 Å². The molecule has 3 nitrogen and oxygen atoms in total. The Hall–Kier alpha value is -0.650. The van der Waals surface area contributed by atoms with Gasteiger partial charge in [-0.25, -0.2) is 8.42 Å². The third-order valence-corrected chi connectivity index (χ3v) is 4.98. The molecular formula is C12H14BrNO2S. The van der Waals surface area contributed by atoms with E-state index in [2.05, 4.69) is 27.3 Å². The third-order valence-electron chi connectivity index (χ3n) is 2.73. The molecule has 1 aromatic carbocycles. The molecule has 92 valence electrons. The summed E-state index contributed by atoms with van der Waals surface area (Å²) in [5.74, 6) is 0.167. The molecule has 0 aromatic heterocycles. The maximum absolute atomic E-state index is 11.2. The predicted octanol–water partition coefficient (Wildman–Crippen LogP) is 2.16. The number of hydrogen-bond donors (Lipinski definition) is 1. The summed E-state index contributed by atoms with van der Waals surface area (Å²) in [6.45, 7) is 2.71. The van der Waals surface area contributed by atoms with E-state index in [0.29, 0.717) is 6.54 Å². The van der Waals surface area contributed by atoms with Crippen molar-refractivity contribution in [2.24, 2.45) is 0 Å². The summed E-state index contributed by atoms with van der Waals surface area (Å²) >= 11 is 3.48. The van der Waals surface area contributed by atoms with Gasteiger partial charge in [-0.05, 0) is 24.1 Å². The monoisotopic (exact) mass is 315 g/mol. The summed E-state index contributed by atoms with van der Waals surface area (Å²) < 4.78 is 23.5. The van der Waals surface area contributed by atoms with Crippen LogP contribution < -0.4 is 5.32 Å². The summed E-state index contributed by atoms with van der Waals surface area (Å²) in [5.41, 5.74) is 2.33. The van der Waals surface area contributed by atoms with Gasteiger partial charge in [0.1, 0.15) is 0 Å². The molecule has 1 aliphatic rings. The van der Waals surface area contributed by atoms with Crippen molar-refractivity contribution < 1.29 is 8.42 Å². The molecule has 1 aromatic rings. The quantitative estimate of drug-likeness (QED) is 0.929. The van der Waals surface area contributed by atoms with Gasteiger partial charge in [-0.15, -0.1) is 0 Å². The van der Waals surface area contributed by atoms with Gasteiger partial charge < -0.3 is 5.32 Å². The normalized spacial score (nSPS) is 21.9. The molecular weight excluding hydrogens is 302 g/mol. The molecule has 17 heavy (non-hydrogen) atoms. The van der Waals surface area contributed by atoms with Crippen molar-refractivity contribution in [3.8, 4) is 0 Å². The molecule has 0 saturated heterocycles. The predicted molar refractivity (Wildman–Crippen MR) is 72.4 cm³/mol. The number of benzene rings is 1. The fourth-order valence-corrected chi connectivity index (χ4v) is 3.39. The highest BCUT2D eigenvalue weighted by molar-refractivity contribution is 9.10. The zero-order chi connectivity index (χ0) is 12.5. The van der Waals surface area contributed by atoms with Gasteiger partial charge in [0.2, 0.25) is 0 Å². The van der Waals surface area contributed by atoms with E-state index >= 15 is 0 Å². The minimum Gasteiger partial charge on any atom is -0.305 e. The second-order valence-electron chi connectivity index (χ2n) is 4.23. The van der Waals surface area contributed by atoms with E-state index in [1.165, 1.54) is 11.0 Å². The number of nitrogens with one attached hydrogen (secondary N) is 1. The Morgan fingerprint density at radius 3 is 2.82 bits per heavy atom. The second kappa shape index (κ2) is 4.92. The van der Waals surface area contributed by atoms with Crippen molar-refractivity contribution in [1.82, 2.24) is 5.32 Å². The molecule has 0 spiro atoms. The van der Waals surface area contributed by atoms with E-state index < -0.39 is 9.84 Å². The Kier molecular flexibility index (Phi) is 3.70. The summed E-state index contributed by atoms with van der Waals surface area (Å²) in [6, 6.07) is 6.07. The Labute approximate surface area is 110 Å². The van der Waals surface area contributed by atoms with Crippen LogP contribution in [0, 0.1) is 6.92 Å². The lowest BCUT2D eigenvalue weighted by molar-refractivity contribution is 0.590. The maximum Gasteiger partial charge on any atom is 0.173 e. The largest absolute Gasteiger partial charge is 0.305 e. The SMILES string of the molecule is Cc1ccc(CNC2C=CS(=O)(=O)C2)cc1Br. The molecule has 0 fully saturated rings. The van der Waals surface area contributed by atoms with Crippen molar-refractivity contribution in [2.75, 3.05) is 5.75 Å². The van der Waals surface area contributed by atoms with E-state index in [4.69, 9.17) is 0 Å². The van der Waals surface area contributed by atoms with Crippen molar-refractivity contribution in [2.45, 2.75) is 19.5 Å². The average molecular weight is 316 g/mol. The second-order valence-corrected chi connectivity index (χ2v) is 7.01. The van der Waals surface area contributed by atoms with Crippen LogP contribution in [0.15, 0.2) is 34.2 Å². The first-order chi connectivity index (χ1) is 7.96. The Morgan fingerprint density at radius 2 is 2.24 bits per heavy atom. The number of hydrogen-bond acceptors (Lipinski definition) is 3. The number of halogens is 1. The Morgan fingerprint density at radius 1 is 1.47 bits per heavy atom. The first kappa shape index (κ1) is 12.8. The molecule has 0 aliphatic carbocycles. The lowest BCUT2D eigenvalue weighted by Crippen LogP contribution is -2.29. The molecule has 1 aliphatic heterocycles. The van der Waals surface area contributed by atoms with Crippen LogP contribution in [0.5, 0.6) is 0 Å². The molecule has 0 radical (unpaired) electrons. The highest BCUT2D eigenvalue weighted by Crippen LogP contribution is 2.17. The lowest BCUT2D eigenvalue weighted by atomic mass is 10.1. The standard InChI is InChI=1S/C12H14BrNO2S/c1-9-2-3-10(6-12(9)13)7-14-11-4-5-17(15,16)8-11/h2-6,11,14H,7-8H2,1H3. The lowest BCUT2D eigenvalue weighted by Gasteiger charge is -2.10.